The molecule has 0 saturated heterocycles. The lowest BCUT2D eigenvalue weighted by Crippen LogP contribution is -2.30. The number of aromatic nitrogens is 2. The van der Waals surface area contributed by atoms with Crippen LogP contribution in [0.3, 0.4) is 0 Å². The van der Waals surface area contributed by atoms with E-state index in [1.165, 1.54) is 24.3 Å². The molecule has 5 nitrogen and oxygen atoms in total. The molecule has 2 aromatic carbocycles. The van der Waals surface area contributed by atoms with Crippen LogP contribution in [0.15, 0.2) is 67.0 Å². The van der Waals surface area contributed by atoms with Crippen molar-refractivity contribution < 1.29 is 9.18 Å². The van der Waals surface area contributed by atoms with E-state index < -0.39 is 0 Å². The number of hydrogen-bond donors (Lipinski definition) is 2. The lowest BCUT2D eigenvalue weighted by atomic mass is 10.2. The normalized spacial score (nSPS) is 10.3. The van der Waals surface area contributed by atoms with Gasteiger partial charge in [-0.05, 0) is 36.2 Å². The van der Waals surface area contributed by atoms with Gasteiger partial charge in [0.1, 0.15) is 5.82 Å². The molecule has 25 heavy (non-hydrogen) atoms. The molecule has 2 amide bonds. The Morgan fingerprint density at radius 2 is 1.64 bits per heavy atom. The highest BCUT2D eigenvalue weighted by atomic mass is 19.1. The van der Waals surface area contributed by atoms with Crippen LogP contribution in [-0.4, -0.2) is 22.5 Å². The second kappa shape index (κ2) is 8.01. The molecule has 0 unspecified atom stereocenters. The van der Waals surface area contributed by atoms with E-state index in [1.807, 2.05) is 30.3 Å². The van der Waals surface area contributed by atoms with Gasteiger partial charge in [-0.25, -0.2) is 19.2 Å². The van der Waals surface area contributed by atoms with Gasteiger partial charge < -0.3 is 10.6 Å². The Hall–Kier alpha value is -3.28. The summed E-state index contributed by atoms with van der Waals surface area (Å²) in [5.41, 5.74) is 2.43. The fourth-order valence-corrected chi connectivity index (χ4v) is 2.25. The van der Waals surface area contributed by atoms with Crippen molar-refractivity contribution in [3.8, 4) is 11.4 Å². The summed E-state index contributed by atoms with van der Waals surface area (Å²) < 4.78 is 12.8. The summed E-state index contributed by atoms with van der Waals surface area (Å²) in [5, 5.41) is 5.38. The molecule has 3 aromatic rings. The number of urea groups is 1. The Kier molecular flexibility index (Phi) is 5.31. The maximum Gasteiger partial charge on any atom is 0.319 e. The first-order chi connectivity index (χ1) is 12.2. The number of carbonyl (C=O) groups excluding carboxylic acids is 1. The molecule has 3 rings (SSSR count). The molecule has 0 radical (unpaired) electrons. The summed E-state index contributed by atoms with van der Waals surface area (Å²) in [4.78, 5) is 20.5. The molecule has 0 bridgehead atoms. The lowest BCUT2D eigenvalue weighted by Gasteiger charge is -2.08. The van der Waals surface area contributed by atoms with E-state index in [4.69, 9.17) is 0 Å². The van der Waals surface area contributed by atoms with E-state index >= 15 is 0 Å². The van der Waals surface area contributed by atoms with Crippen molar-refractivity contribution in [1.82, 2.24) is 15.3 Å². The first-order valence-corrected chi connectivity index (χ1v) is 7.87. The average molecular weight is 336 g/mol. The van der Waals surface area contributed by atoms with E-state index in [-0.39, 0.29) is 11.8 Å². The van der Waals surface area contributed by atoms with Crippen molar-refractivity contribution in [2.75, 3.05) is 11.9 Å². The number of amides is 2. The van der Waals surface area contributed by atoms with Crippen molar-refractivity contribution in [3.05, 3.63) is 78.4 Å². The monoisotopic (exact) mass is 336 g/mol. The van der Waals surface area contributed by atoms with Crippen LogP contribution in [0.5, 0.6) is 0 Å². The number of nitrogens with zero attached hydrogens (tertiary/aromatic N) is 2. The number of anilines is 1. The van der Waals surface area contributed by atoms with E-state index in [2.05, 4.69) is 20.6 Å². The molecule has 0 spiro atoms. The fourth-order valence-electron chi connectivity index (χ4n) is 2.25. The maximum absolute atomic E-state index is 12.8. The second-order valence-electron chi connectivity index (χ2n) is 5.42. The van der Waals surface area contributed by atoms with Gasteiger partial charge in [0.05, 0.1) is 0 Å². The minimum absolute atomic E-state index is 0.339. The first kappa shape index (κ1) is 16.6. The van der Waals surface area contributed by atoms with Gasteiger partial charge in [0.2, 0.25) is 0 Å². The number of nitrogens with one attached hydrogen (secondary N) is 2. The van der Waals surface area contributed by atoms with Crippen LogP contribution in [0.25, 0.3) is 11.4 Å². The lowest BCUT2D eigenvalue weighted by molar-refractivity contribution is 0.252. The Labute approximate surface area is 145 Å². The van der Waals surface area contributed by atoms with Gasteiger partial charge in [-0.3, -0.25) is 0 Å². The Balaban J connectivity index is 1.47. The molecule has 0 saturated carbocycles. The molecule has 0 aliphatic heterocycles. The molecule has 0 atom stereocenters. The van der Waals surface area contributed by atoms with Gasteiger partial charge in [0.25, 0.3) is 0 Å². The van der Waals surface area contributed by atoms with Gasteiger partial charge >= 0.3 is 6.03 Å². The standard InChI is InChI=1S/C19H17FN4O/c20-16-6-8-17(9-7-16)24-19(25)21-11-10-14-12-22-18(23-13-14)15-4-2-1-3-5-15/h1-9,12-13H,10-11H2,(H2,21,24,25). The van der Waals surface area contributed by atoms with E-state index in [9.17, 15) is 9.18 Å². The van der Waals surface area contributed by atoms with E-state index in [0.29, 0.717) is 24.5 Å². The van der Waals surface area contributed by atoms with Crippen LogP contribution < -0.4 is 10.6 Å². The summed E-state index contributed by atoms with van der Waals surface area (Å²) in [5.74, 6) is 0.330. The molecule has 0 fully saturated rings. The first-order valence-electron chi connectivity index (χ1n) is 7.87. The summed E-state index contributed by atoms with van der Waals surface area (Å²) in [6.07, 6.45) is 4.13. The third kappa shape index (κ3) is 4.84. The molecule has 126 valence electrons. The van der Waals surface area contributed by atoms with Gasteiger partial charge in [-0.1, -0.05) is 30.3 Å². The molecular formula is C19H17FN4O. The summed E-state index contributed by atoms with van der Waals surface area (Å²) in [6, 6.07) is 15.0. The van der Waals surface area contributed by atoms with Crippen LogP contribution in [0.4, 0.5) is 14.9 Å². The number of rotatable bonds is 5. The predicted octanol–water partition coefficient (Wildman–Crippen LogP) is 3.65. The largest absolute Gasteiger partial charge is 0.338 e. The predicted molar refractivity (Wildman–Crippen MR) is 94.6 cm³/mol. The minimum atomic E-state index is -0.343. The summed E-state index contributed by atoms with van der Waals surface area (Å²) in [7, 11) is 0. The van der Waals surface area contributed by atoms with Crippen molar-refractivity contribution in [2.24, 2.45) is 0 Å². The van der Waals surface area contributed by atoms with Gasteiger partial charge in [0.15, 0.2) is 5.82 Å². The Morgan fingerprint density at radius 1 is 0.960 bits per heavy atom. The van der Waals surface area contributed by atoms with Gasteiger partial charge in [-0.15, -0.1) is 0 Å². The van der Waals surface area contributed by atoms with Crippen molar-refractivity contribution in [2.45, 2.75) is 6.42 Å². The zero-order valence-corrected chi connectivity index (χ0v) is 13.4. The highest BCUT2D eigenvalue weighted by Gasteiger charge is 2.03. The summed E-state index contributed by atoms with van der Waals surface area (Å²) >= 11 is 0. The molecule has 1 heterocycles. The number of hydrogen-bond acceptors (Lipinski definition) is 3. The Morgan fingerprint density at radius 3 is 2.32 bits per heavy atom. The summed E-state index contributed by atoms with van der Waals surface area (Å²) in [6.45, 7) is 0.446. The number of halogens is 1. The third-order valence-electron chi connectivity index (χ3n) is 3.54. The zero-order chi connectivity index (χ0) is 17.5. The van der Waals surface area contributed by atoms with Crippen molar-refractivity contribution >= 4 is 11.7 Å². The molecule has 6 heteroatoms. The molecular weight excluding hydrogens is 319 g/mol. The van der Waals surface area contributed by atoms with Crippen LogP contribution >= 0.6 is 0 Å². The van der Waals surface area contributed by atoms with Gasteiger partial charge in [0, 0.05) is 30.2 Å². The SMILES string of the molecule is O=C(NCCc1cnc(-c2ccccc2)nc1)Nc1ccc(F)cc1. The fraction of sp³-hybridized carbons (Fsp3) is 0.105. The van der Waals surface area contributed by atoms with Crippen LogP contribution in [0, 0.1) is 5.82 Å². The minimum Gasteiger partial charge on any atom is -0.338 e. The number of carbonyl (C=O) groups is 1. The van der Waals surface area contributed by atoms with Crippen molar-refractivity contribution in [3.63, 3.8) is 0 Å². The molecule has 0 aliphatic carbocycles. The van der Waals surface area contributed by atoms with Crippen LogP contribution in [0.1, 0.15) is 5.56 Å². The second-order valence-corrected chi connectivity index (χ2v) is 5.42. The zero-order valence-electron chi connectivity index (χ0n) is 13.4. The molecule has 1 aromatic heterocycles. The van der Waals surface area contributed by atoms with Crippen molar-refractivity contribution in [1.29, 1.82) is 0 Å². The van der Waals surface area contributed by atoms with E-state index in [0.717, 1.165) is 11.1 Å². The van der Waals surface area contributed by atoms with E-state index in [1.54, 1.807) is 12.4 Å². The molecule has 0 aliphatic rings. The topological polar surface area (TPSA) is 66.9 Å². The van der Waals surface area contributed by atoms with Crippen LogP contribution in [0.2, 0.25) is 0 Å². The highest BCUT2D eigenvalue weighted by Crippen LogP contribution is 2.13. The quantitative estimate of drug-likeness (QED) is 0.747. The average Bonchev–Trinajstić information content (AvgIpc) is 2.65. The Bertz CT molecular complexity index is 820. The highest BCUT2D eigenvalue weighted by molar-refractivity contribution is 5.89. The number of benzene rings is 2. The van der Waals surface area contributed by atoms with Crippen LogP contribution in [-0.2, 0) is 6.42 Å². The maximum atomic E-state index is 12.8. The smallest absolute Gasteiger partial charge is 0.319 e. The van der Waals surface area contributed by atoms with Gasteiger partial charge in [-0.2, -0.15) is 0 Å². The third-order valence-corrected chi connectivity index (χ3v) is 3.54. The molecule has 2 N–H and O–H groups in total.